The molecule has 0 spiro atoms. The third-order valence-electron chi connectivity index (χ3n) is 4.55. The normalized spacial score (nSPS) is 27.9. The van der Waals surface area contributed by atoms with Crippen molar-refractivity contribution in [3.8, 4) is 0 Å². The van der Waals surface area contributed by atoms with Gasteiger partial charge in [0.25, 0.3) is 0 Å². The van der Waals surface area contributed by atoms with Crippen molar-refractivity contribution in [2.24, 2.45) is 5.92 Å². The van der Waals surface area contributed by atoms with E-state index < -0.39 is 0 Å². The number of hydrogen-bond donors (Lipinski definition) is 0. The van der Waals surface area contributed by atoms with Crippen molar-refractivity contribution in [1.82, 2.24) is 4.90 Å². The molecule has 1 heterocycles. The van der Waals surface area contributed by atoms with Gasteiger partial charge in [0.15, 0.2) is 0 Å². The predicted molar refractivity (Wildman–Crippen MR) is 84.3 cm³/mol. The zero-order chi connectivity index (χ0) is 14.0. The predicted octanol–water partition coefficient (Wildman–Crippen LogP) is 5.00. The van der Waals surface area contributed by atoms with Crippen LogP contribution in [0.1, 0.15) is 38.7 Å². The Morgan fingerprint density at radius 2 is 2.05 bits per heavy atom. The Hall–Kier alpha value is -0.240. The first kappa shape index (κ1) is 15.2. The summed E-state index contributed by atoms with van der Waals surface area (Å²) in [5.74, 6) is 0.654. The van der Waals surface area contributed by atoms with Gasteiger partial charge in [-0.1, -0.05) is 56.0 Å². The molecule has 1 saturated heterocycles. The Morgan fingerprint density at radius 3 is 2.58 bits per heavy atom. The van der Waals surface area contributed by atoms with Crippen molar-refractivity contribution < 1.29 is 0 Å². The van der Waals surface area contributed by atoms with Gasteiger partial charge in [-0.2, -0.15) is 0 Å². The van der Waals surface area contributed by atoms with Crippen molar-refractivity contribution in [2.45, 2.75) is 38.5 Å². The Balaban J connectivity index is 2.39. The average molecular weight is 300 g/mol. The molecule has 0 amide bonds. The molecule has 0 radical (unpaired) electrons. The molecular weight excluding hydrogens is 277 g/mol. The quantitative estimate of drug-likeness (QED) is 0.756. The number of nitrogens with zero attached hydrogens (tertiary/aromatic N) is 1. The molecule has 1 aliphatic rings. The smallest absolute Gasteiger partial charge is 0.0595 e. The van der Waals surface area contributed by atoms with Crippen LogP contribution in [0.3, 0.4) is 0 Å². The third-order valence-corrected chi connectivity index (χ3v) is 5.29. The molecule has 0 aromatic heterocycles. The second kappa shape index (κ2) is 6.03. The fourth-order valence-corrected chi connectivity index (χ4v) is 3.79. The molecule has 0 saturated carbocycles. The van der Waals surface area contributed by atoms with E-state index in [2.05, 4.69) is 37.9 Å². The van der Waals surface area contributed by atoms with Gasteiger partial charge in [0.1, 0.15) is 0 Å². The lowest BCUT2D eigenvalue weighted by Crippen LogP contribution is -2.34. The Morgan fingerprint density at radius 1 is 1.32 bits per heavy atom. The highest BCUT2D eigenvalue weighted by Gasteiger charge is 2.43. The van der Waals surface area contributed by atoms with E-state index in [0.717, 1.165) is 13.1 Å². The highest BCUT2D eigenvalue weighted by atomic mass is 35.5. The molecule has 0 bridgehead atoms. The van der Waals surface area contributed by atoms with Crippen molar-refractivity contribution in [3.05, 3.63) is 33.8 Å². The van der Waals surface area contributed by atoms with Gasteiger partial charge in [0, 0.05) is 18.5 Å². The van der Waals surface area contributed by atoms with Crippen molar-refractivity contribution in [1.29, 1.82) is 0 Å². The first-order valence-corrected chi connectivity index (χ1v) is 7.89. The van der Waals surface area contributed by atoms with E-state index in [1.807, 2.05) is 6.07 Å². The lowest BCUT2D eigenvalue weighted by molar-refractivity contribution is 0.317. The maximum atomic E-state index is 6.23. The summed E-state index contributed by atoms with van der Waals surface area (Å²) >= 11 is 12.3. The lowest BCUT2D eigenvalue weighted by Gasteiger charge is -2.34. The van der Waals surface area contributed by atoms with Gasteiger partial charge < -0.3 is 4.90 Å². The zero-order valence-electron chi connectivity index (χ0n) is 12.0. The largest absolute Gasteiger partial charge is 0.305 e. The Kier molecular flexibility index (Phi) is 4.81. The van der Waals surface area contributed by atoms with E-state index in [0.29, 0.717) is 16.0 Å². The highest BCUT2D eigenvalue weighted by Crippen LogP contribution is 2.44. The van der Waals surface area contributed by atoms with Gasteiger partial charge in [0.2, 0.25) is 0 Å². The van der Waals surface area contributed by atoms with E-state index >= 15 is 0 Å². The van der Waals surface area contributed by atoms with E-state index in [1.54, 1.807) is 0 Å². The van der Waals surface area contributed by atoms with Crippen LogP contribution in [-0.4, -0.2) is 25.0 Å². The van der Waals surface area contributed by atoms with Gasteiger partial charge in [-0.25, -0.2) is 0 Å². The monoisotopic (exact) mass is 299 g/mol. The molecular formula is C16H23Cl2N. The van der Waals surface area contributed by atoms with Crippen LogP contribution in [0.2, 0.25) is 10.0 Å². The summed E-state index contributed by atoms with van der Waals surface area (Å²) in [5, 5.41) is 1.33. The number of rotatable bonds is 4. The number of likely N-dealkylation sites (N-methyl/N-ethyl adjacent to an activating group) is 1. The molecule has 0 aliphatic carbocycles. The minimum absolute atomic E-state index is 0.235. The summed E-state index contributed by atoms with van der Waals surface area (Å²) < 4.78 is 0. The van der Waals surface area contributed by atoms with Crippen LogP contribution in [0.5, 0.6) is 0 Å². The number of unbranched alkanes of at least 4 members (excludes halogenated alkanes) is 1. The Labute approximate surface area is 126 Å². The molecule has 2 atom stereocenters. The maximum Gasteiger partial charge on any atom is 0.0595 e. The molecule has 1 aliphatic heterocycles. The zero-order valence-corrected chi connectivity index (χ0v) is 13.6. The second-order valence-corrected chi connectivity index (χ2v) is 6.80. The van der Waals surface area contributed by atoms with E-state index in [9.17, 15) is 0 Å². The van der Waals surface area contributed by atoms with Gasteiger partial charge in [0.05, 0.1) is 10.0 Å². The molecule has 19 heavy (non-hydrogen) atoms. The van der Waals surface area contributed by atoms with Crippen molar-refractivity contribution in [2.75, 3.05) is 20.1 Å². The van der Waals surface area contributed by atoms with Crippen LogP contribution in [-0.2, 0) is 5.41 Å². The Bertz CT molecular complexity index is 446. The number of hydrogen-bond acceptors (Lipinski definition) is 1. The van der Waals surface area contributed by atoms with E-state index in [-0.39, 0.29) is 5.41 Å². The fourth-order valence-electron chi connectivity index (χ4n) is 3.49. The second-order valence-electron chi connectivity index (χ2n) is 5.99. The van der Waals surface area contributed by atoms with Crippen molar-refractivity contribution >= 4 is 23.2 Å². The van der Waals surface area contributed by atoms with Gasteiger partial charge in [-0.3, -0.25) is 0 Å². The molecule has 1 aromatic carbocycles. The van der Waals surface area contributed by atoms with Gasteiger partial charge in [-0.15, -0.1) is 0 Å². The molecule has 2 unspecified atom stereocenters. The van der Waals surface area contributed by atoms with E-state index in [1.165, 1.54) is 24.8 Å². The first-order valence-electron chi connectivity index (χ1n) is 7.13. The standard InChI is InChI=1S/C16H23Cl2N/c1-4-5-8-16(11-19(3)10-12(16)2)13-6-7-14(17)15(18)9-13/h6-7,9,12H,4-5,8,10-11H2,1-3H3. The van der Waals surface area contributed by atoms with Gasteiger partial charge in [-0.05, 0) is 37.1 Å². The summed E-state index contributed by atoms with van der Waals surface area (Å²) in [6.07, 6.45) is 3.73. The van der Waals surface area contributed by atoms with Crippen molar-refractivity contribution in [3.63, 3.8) is 0 Å². The summed E-state index contributed by atoms with van der Waals surface area (Å²) in [5.41, 5.74) is 1.59. The van der Waals surface area contributed by atoms with Crippen LogP contribution in [0.4, 0.5) is 0 Å². The number of benzene rings is 1. The molecule has 1 aromatic rings. The highest BCUT2D eigenvalue weighted by molar-refractivity contribution is 6.42. The summed E-state index contributed by atoms with van der Waals surface area (Å²) in [6.45, 7) is 6.89. The summed E-state index contributed by atoms with van der Waals surface area (Å²) in [7, 11) is 2.21. The van der Waals surface area contributed by atoms with Crippen LogP contribution >= 0.6 is 23.2 Å². The SMILES string of the molecule is CCCCC1(c2ccc(Cl)c(Cl)c2)CN(C)CC1C. The third kappa shape index (κ3) is 2.94. The van der Waals surface area contributed by atoms with Gasteiger partial charge >= 0.3 is 0 Å². The van der Waals surface area contributed by atoms with Crippen LogP contribution in [0.15, 0.2) is 18.2 Å². The molecule has 1 nitrogen and oxygen atoms in total. The topological polar surface area (TPSA) is 3.24 Å². The maximum absolute atomic E-state index is 6.23. The molecule has 2 rings (SSSR count). The minimum Gasteiger partial charge on any atom is -0.305 e. The van der Waals surface area contributed by atoms with E-state index in [4.69, 9.17) is 23.2 Å². The fraction of sp³-hybridized carbons (Fsp3) is 0.625. The molecule has 1 fully saturated rings. The van der Waals surface area contributed by atoms with Crippen LogP contribution in [0, 0.1) is 5.92 Å². The molecule has 3 heteroatoms. The average Bonchev–Trinajstić information content (AvgIpc) is 2.66. The molecule has 106 valence electrons. The summed E-state index contributed by atoms with van der Waals surface area (Å²) in [6, 6.07) is 6.19. The first-order chi connectivity index (χ1) is 8.99. The van der Waals surface area contributed by atoms with Crippen LogP contribution < -0.4 is 0 Å². The van der Waals surface area contributed by atoms with Crippen LogP contribution in [0.25, 0.3) is 0 Å². The lowest BCUT2D eigenvalue weighted by atomic mass is 9.70. The summed E-state index contributed by atoms with van der Waals surface area (Å²) in [4.78, 5) is 2.43. The number of halogens is 2. The minimum atomic E-state index is 0.235. The number of likely N-dealkylation sites (tertiary alicyclic amines) is 1. The molecule has 0 N–H and O–H groups in total.